The third-order valence-electron chi connectivity index (χ3n) is 4.47. The van der Waals surface area contributed by atoms with Crippen LogP contribution in [0.25, 0.3) is 0 Å². The van der Waals surface area contributed by atoms with E-state index in [4.69, 9.17) is 11.6 Å². The molecule has 27 heavy (non-hydrogen) atoms. The summed E-state index contributed by atoms with van der Waals surface area (Å²) in [6.45, 7) is 2.34. The Kier molecular flexibility index (Phi) is 5.81. The zero-order valence-corrected chi connectivity index (χ0v) is 16.1. The molecule has 1 heterocycles. The number of aromatic nitrogens is 2. The van der Waals surface area contributed by atoms with Gasteiger partial charge in [-0.1, -0.05) is 35.9 Å². The van der Waals surface area contributed by atoms with Crippen LogP contribution in [0.15, 0.2) is 54.7 Å². The topological polar surface area (TPSA) is 69.2 Å². The van der Waals surface area contributed by atoms with Gasteiger partial charge in [0, 0.05) is 36.3 Å². The quantitative estimate of drug-likeness (QED) is 0.668. The lowest BCUT2D eigenvalue weighted by Crippen LogP contribution is -2.28. The molecule has 1 atom stereocenters. The fourth-order valence-corrected chi connectivity index (χ4v) is 3.28. The van der Waals surface area contributed by atoms with E-state index in [1.165, 1.54) is 0 Å². The molecule has 0 fully saturated rings. The number of phenols is 1. The van der Waals surface area contributed by atoms with Crippen LogP contribution in [0.1, 0.15) is 35.0 Å². The SMILES string of the molecule is Cc1cnc(CN(C)C(=O)C[C@H](c2cccc(O)c2)c2cccc(Cl)c2)[nH]1. The minimum absolute atomic E-state index is 0.0163. The van der Waals surface area contributed by atoms with Crippen LogP contribution in [0.5, 0.6) is 5.75 Å². The predicted molar refractivity (Wildman–Crippen MR) is 106 cm³/mol. The van der Waals surface area contributed by atoms with Gasteiger partial charge in [0.1, 0.15) is 11.6 Å². The molecule has 0 radical (unpaired) electrons. The Labute approximate surface area is 163 Å². The molecule has 140 valence electrons. The van der Waals surface area contributed by atoms with E-state index in [1.807, 2.05) is 31.2 Å². The van der Waals surface area contributed by atoms with E-state index >= 15 is 0 Å². The highest BCUT2D eigenvalue weighted by Crippen LogP contribution is 2.32. The van der Waals surface area contributed by atoms with Gasteiger partial charge < -0.3 is 15.0 Å². The third kappa shape index (κ3) is 4.89. The van der Waals surface area contributed by atoms with Crippen LogP contribution < -0.4 is 0 Å². The van der Waals surface area contributed by atoms with E-state index in [2.05, 4.69) is 9.97 Å². The van der Waals surface area contributed by atoms with E-state index in [1.54, 1.807) is 42.4 Å². The van der Waals surface area contributed by atoms with Gasteiger partial charge in [-0.15, -0.1) is 0 Å². The van der Waals surface area contributed by atoms with Crippen molar-refractivity contribution in [2.24, 2.45) is 0 Å². The van der Waals surface area contributed by atoms with Crippen molar-refractivity contribution in [3.63, 3.8) is 0 Å². The number of aromatic hydroxyl groups is 1. The van der Waals surface area contributed by atoms with Gasteiger partial charge in [0.25, 0.3) is 0 Å². The van der Waals surface area contributed by atoms with Crippen molar-refractivity contribution in [1.29, 1.82) is 0 Å². The van der Waals surface area contributed by atoms with E-state index in [-0.39, 0.29) is 24.0 Å². The van der Waals surface area contributed by atoms with Gasteiger partial charge in [0.15, 0.2) is 0 Å². The first-order chi connectivity index (χ1) is 12.9. The number of aryl methyl sites for hydroxylation is 1. The van der Waals surface area contributed by atoms with Crippen molar-refractivity contribution in [1.82, 2.24) is 14.9 Å². The van der Waals surface area contributed by atoms with Crippen molar-refractivity contribution in [2.75, 3.05) is 7.05 Å². The Morgan fingerprint density at radius 3 is 2.56 bits per heavy atom. The maximum absolute atomic E-state index is 12.9. The Balaban J connectivity index is 1.83. The van der Waals surface area contributed by atoms with Crippen LogP contribution in [0, 0.1) is 6.92 Å². The Morgan fingerprint density at radius 2 is 1.93 bits per heavy atom. The summed E-state index contributed by atoms with van der Waals surface area (Å²) in [5, 5.41) is 10.5. The lowest BCUT2D eigenvalue weighted by Gasteiger charge is -2.22. The normalized spacial score (nSPS) is 12.0. The van der Waals surface area contributed by atoms with Crippen LogP contribution in [0.2, 0.25) is 5.02 Å². The molecular formula is C21H22ClN3O2. The average molecular weight is 384 g/mol. The van der Waals surface area contributed by atoms with E-state index < -0.39 is 0 Å². The summed E-state index contributed by atoms with van der Waals surface area (Å²) < 4.78 is 0. The lowest BCUT2D eigenvalue weighted by atomic mass is 9.88. The number of hydrogen-bond donors (Lipinski definition) is 2. The summed E-state index contributed by atoms with van der Waals surface area (Å²) >= 11 is 6.16. The molecule has 2 aromatic carbocycles. The number of carbonyl (C=O) groups excluding carboxylic acids is 1. The molecular weight excluding hydrogens is 362 g/mol. The Hall–Kier alpha value is -2.79. The standard InChI is InChI=1S/C21H22ClN3O2/c1-14-12-23-20(24-14)13-25(2)21(27)11-19(15-5-3-7-17(22)9-15)16-6-4-8-18(26)10-16/h3-10,12,19,26H,11,13H2,1-2H3,(H,23,24)/t19-/m0/s1. The second-order valence-corrected chi connectivity index (χ2v) is 7.11. The minimum Gasteiger partial charge on any atom is -0.508 e. The summed E-state index contributed by atoms with van der Waals surface area (Å²) in [7, 11) is 1.76. The van der Waals surface area contributed by atoms with Crippen LogP contribution in [-0.2, 0) is 11.3 Å². The largest absolute Gasteiger partial charge is 0.508 e. The zero-order chi connectivity index (χ0) is 19.4. The summed E-state index contributed by atoms with van der Waals surface area (Å²) in [6, 6.07) is 14.5. The van der Waals surface area contributed by atoms with Crippen molar-refractivity contribution in [2.45, 2.75) is 25.8 Å². The first kappa shape index (κ1) is 19.0. The molecule has 0 saturated heterocycles. The number of H-pyrrole nitrogens is 1. The second-order valence-electron chi connectivity index (χ2n) is 6.67. The number of hydrogen-bond acceptors (Lipinski definition) is 3. The molecule has 0 bridgehead atoms. The molecule has 0 saturated carbocycles. The Morgan fingerprint density at radius 1 is 1.22 bits per heavy atom. The van der Waals surface area contributed by atoms with Crippen LogP contribution in [0.4, 0.5) is 0 Å². The highest BCUT2D eigenvalue weighted by atomic mass is 35.5. The highest BCUT2D eigenvalue weighted by molar-refractivity contribution is 6.30. The van der Waals surface area contributed by atoms with Gasteiger partial charge >= 0.3 is 0 Å². The summed E-state index contributed by atoms with van der Waals surface area (Å²) in [5.74, 6) is 0.702. The molecule has 0 aliphatic rings. The average Bonchev–Trinajstić information content (AvgIpc) is 3.04. The molecule has 5 nitrogen and oxygen atoms in total. The molecule has 3 rings (SSSR count). The lowest BCUT2D eigenvalue weighted by molar-refractivity contribution is -0.130. The number of carbonyl (C=O) groups is 1. The summed E-state index contributed by atoms with van der Waals surface area (Å²) in [5.41, 5.74) is 2.76. The number of phenolic OH excluding ortho intramolecular Hbond substituents is 1. The zero-order valence-electron chi connectivity index (χ0n) is 15.3. The number of amides is 1. The monoisotopic (exact) mass is 383 g/mol. The van der Waals surface area contributed by atoms with E-state index in [0.29, 0.717) is 11.6 Å². The smallest absolute Gasteiger partial charge is 0.223 e. The molecule has 3 aromatic rings. The fourth-order valence-electron chi connectivity index (χ4n) is 3.08. The van der Waals surface area contributed by atoms with E-state index in [9.17, 15) is 9.90 Å². The number of rotatable bonds is 6. The van der Waals surface area contributed by atoms with Crippen molar-refractivity contribution >= 4 is 17.5 Å². The maximum Gasteiger partial charge on any atom is 0.223 e. The Bertz CT molecular complexity index is 893. The van der Waals surface area contributed by atoms with Gasteiger partial charge in [0.05, 0.1) is 6.54 Å². The number of nitrogens with one attached hydrogen (secondary N) is 1. The first-order valence-electron chi connectivity index (χ1n) is 8.71. The van der Waals surface area contributed by atoms with Gasteiger partial charge in [0.2, 0.25) is 5.91 Å². The first-order valence-corrected chi connectivity index (χ1v) is 9.09. The number of nitrogens with zero attached hydrogens (tertiary/aromatic N) is 2. The van der Waals surface area contributed by atoms with Gasteiger partial charge in [-0.05, 0) is 42.3 Å². The van der Waals surface area contributed by atoms with Gasteiger partial charge in [-0.2, -0.15) is 0 Å². The second kappa shape index (κ2) is 8.27. The molecule has 6 heteroatoms. The van der Waals surface area contributed by atoms with Gasteiger partial charge in [-0.25, -0.2) is 4.98 Å². The number of aromatic amines is 1. The fraction of sp³-hybridized carbons (Fsp3) is 0.238. The van der Waals surface area contributed by atoms with Crippen molar-refractivity contribution in [3.05, 3.63) is 82.4 Å². The van der Waals surface area contributed by atoms with Crippen molar-refractivity contribution in [3.8, 4) is 5.75 Å². The molecule has 1 aromatic heterocycles. The van der Waals surface area contributed by atoms with Crippen LogP contribution in [0.3, 0.4) is 0 Å². The van der Waals surface area contributed by atoms with Gasteiger partial charge in [-0.3, -0.25) is 4.79 Å². The number of benzene rings is 2. The van der Waals surface area contributed by atoms with Crippen LogP contribution in [-0.4, -0.2) is 32.9 Å². The molecule has 0 spiro atoms. The predicted octanol–water partition coefficient (Wildman–Crippen LogP) is 4.26. The maximum atomic E-state index is 12.9. The van der Waals surface area contributed by atoms with E-state index in [0.717, 1.165) is 22.6 Å². The molecule has 1 amide bonds. The molecule has 0 aliphatic carbocycles. The number of halogens is 1. The molecule has 2 N–H and O–H groups in total. The summed E-state index contributed by atoms with van der Waals surface area (Å²) in [6.07, 6.45) is 2.01. The third-order valence-corrected chi connectivity index (χ3v) is 4.71. The number of imidazole rings is 1. The highest BCUT2D eigenvalue weighted by Gasteiger charge is 2.22. The summed E-state index contributed by atoms with van der Waals surface area (Å²) in [4.78, 5) is 21.9. The van der Waals surface area contributed by atoms with Crippen LogP contribution >= 0.6 is 11.6 Å². The van der Waals surface area contributed by atoms with Crippen molar-refractivity contribution < 1.29 is 9.90 Å². The minimum atomic E-state index is -0.205. The molecule has 0 unspecified atom stereocenters. The molecule has 0 aliphatic heterocycles.